The van der Waals surface area contributed by atoms with Crippen LogP contribution in [0, 0.1) is 0 Å². The van der Waals surface area contributed by atoms with Gasteiger partial charge in [-0.3, -0.25) is 0 Å². The maximum absolute atomic E-state index is 2.50. The summed E-state index contributed by atoms with van der Waals surface area (Å²) in [6, 6.07) is 56.3. The van der Waals surface area contributed by atoms with E-state index in [4.69, 9.17) is 0 Å². The summed E-state index contributed by atoms with van der Waals surface area (Å²) in [5, 5.41) is 5.23. The molecule has 0 fully saturated rings. The van der Waals surface area contributed by atoms with Crippen LogP contribution in [0.25, 0.3) is 81.0 Å². The molecule has 0 saturated heterocycles. The van der Waals surface area contributed by atoms with Gasteiger partial charge < -0.3 is 4.57 Å². The first kappa shape index (κ1) is 26.7. The van der Waals surface area contributed by atoms with Crippen LogP contribution in [0.2, 0.25) is 0 Å². The molecule has 1 nitrogen and oxygen atoms in total. The highest BCUT2D eigenvalue weighted by Crippen LogP contribution is 2.51. The molecule has 47 heavy (non-hydrogen) atoms. The Hall–Kier alpha value is -5.44. The molecule has 7 aromatic carbocycles. The highest BCUT2D eigenvalue weighted by molar-refractivity contribution is 7.26. The number of thiophene rings is 1. The van der Waals surface area contributed by atoms with Gasteiger partial charge in [-0.25, -0.2) is 0 Å². The van der Waals surface area contributed by atoms with Crippen molar-refractivity contribution in [2.75, 3.05) is 0 Å². The smallest absolute Gasteiger partial charge is 0.0547 e. The minimum Gasteiger partial charge on any atom is -0.309 e. The van der Waals surface area contributed by atoms with Gasteiger partial charge in [0.1, 0.15) is 0 Å². The second-order valence-electron chi connectivity index (χ2n) is 13.3. The van der Waals surface area contributed by atoms with Crippen molar-refractivity contribution < 1.29 is 0 Å². The van der Waals surface area contributed by atoms with Crippen LogP contribution in [-0.4, -0.2) is 4.57 Å². The van der Waals surface area contributed by atoms with Crippen LogP contribution in [-0.2, 0) is 5.41 Å². The Morgan fingerprint density at radius 2 is 1.17 bits per heavy atom. The number of benzene rings is 7. The molecule has 222 valence electrons. The van der Waals surface area contributed by atoms with E-state index in [9.17, 15) is 0 Å². The van der Waals surface area contributed by atoms with E-state index in [0.717, 1.165) is 0 Å². The topological polar surface area (TPSA) is 4.93 Å². The number of hydrogen-bond acceptors (Lipinski definition) is 1. The summed E-state index contributed by atoms with van der Waals surface area (Å²) in [5.41, 5.74) is 14.1. The molecule has 2 heteroatoms. The second kappa shape index (κ2) is 9.78. The van der Waals surface area contributed by atoms with Gasteiger partial charge in [0.2, 0.25) is 0 Å². The summed E-state index contributed by atoms with van der Waals surface area (Å²) < 4.78 is 5.18. The number of nitrogens with zero attached hydrogens (tertiary/aromatic N) is 1. The fraction of sp³-hybridized carbons (Fsp3) is 0.0667. The summed E-state index contributed by atoms with van der Waals surface area (Å²) in [4.78, 5) is 0. The van der Waals surface area contributed by atoms with Crippen molar-refractivity contribution in [2.45, 2.75) is 19.3 Å². The third-order valence-corrected chi connectivity index (χ3v) is 11.6. The summed E-state index contributed by atoms with van der Waals surface area (Å²) >= 11 is 1.89. The zero-order valence-corrected chi connectivity index (χ0v) is 27.1. The normalized spacial score (nSPS) is 13.5. The molecule has 0 radical (unpaired) electrons. The molecule has 2 heterocycles. The van der Waals surface area contributed by atoms with E-state index in [-0.39, 0.29) is 5.41 Å². The maximum Gasteiger partial charge on any atom is 0.0547 e. The van der Waals surface area contributed by atoms with E-state index in [1.165, 1.54) is 92.2 Å². The van der Waals surface area contributed by atoms with Gasteiger partial charge in [-0.15, -0.1) is 11.3 Å². The lowest BCUT2D eigenvalue weighted by Gasteiger charge is -2.21. The molecule has 1 aliphatic rings. The van der Waals surface area contributed by atoms with Crippen LogP contribution < -0.4 is 0 Å². The molecule has 9 aromatic rings. The number of rotatable bonds is 3. The molecule has 1 aliphatic carbocycles. The highest BCUT2D eigenvalue weighted by Gasteiger charge is 2.36. The second-order valence-corrected chi connectivity index (χ2v) is 14.4. The van der Waals surface area contributed by atoms with Gasteiger partial charge in [-0.1, -0.05) is 129 Å². The van der Waals surface area contributed by atoms with E-state index in [1.54, 1.807) is 0 Å². The zero-order valence-electron chi connectivity index (χ0n) is 26.3. The van der Waals surface area contributed by atoms with Crippen LogP contribution in [0.1, 0.15) is 25.0 Å². The molecule has 2 aromatic heterocycles. The highest BCUT2D eigenvalue weighted by atomic mass is 32.1. The van der Waals surface area contributed by atoms with Gasteiger partial charge in [0.25, 0.3) is 0 Å². The minimum absolute atomic E-state index is 0.0741. The summed E-state index contributed by atoms with van der Waals surface area (Å²) in [7, 11) is 0. The summed E-state index contributed by atoms with van der Waals surface area (Å²) in [6.45, 7) is 4.74. The van der Waals surface area contributed by atoms with Crippen LogP contribution in [0.5, 0.6) is 0 Å². The van der Waals surface area contributed by atoms with Gasteiger partial charge in [-0.2, -0.15) is 0 Å². The fourth-order valence-electron chi connectivity index (χ4n) is 8.09. The maximum atomic E-state index is 2.50. The van der Waals surface area contributed by atoms with E-state index >= 15 is 0 Å². The lowest BCUT2D eigenvalue weighted by Crippen LogP contribution is -2.14. The van der Waals surface area contributed by atoms with Crippen molar-refractivity contribution in [1.82, 2.24) is 4.57 Å². The molecule has 0 N–H and O–H groups in total. The van der Waals surface area contributed by atoms with Crippen LogP contribution in [0.15, 0.2) is 152 Å². The van der Waals surface area contributed by atoms with Crippen molar-refractivity contribution in [3.05, 3.63) is 163 Å². The Kier molecular flexibility index (Phi) is 5.57. The number of aromatic nitrogens is 1. The van der Waals surface area contributed by atoms with Crippen molar-refractivity contribution in [3.63, 3.8) is 0 Å². The van der Waals surface area contributed by atoms with Crippen LogP contribution in [0.3, 0.4) is 0 Å². The van der Waals surface area contributed by atoms with Gasteiger partial charge in [0.05, 0.1) is 11.0 Å². The van der Waals surface area contributed by atoms with E-state index in [1.807, 2.05) is 11.3 Å². The largest absolute Gasteiger partial charge is 0.309 e. The molecule has 0 bridgehead atoms. The first-order valence-corrected chi connectivity index (χ1v) is 17.2. The third-order valence-electron chi connectivity index (χ3n) is 10.4. The molecule has 10 rings (SSSR count). The van der Waals surface area contributed by atoms with Gasteiger partial charge in [0.15, 0.2) is 0 Å². The van der Waals surface area contributed by atoms with E-state index in [2.05, 4.69) is 170 Å². The zero-order chi connectivity index (χ0) is 31.3. The summed E-state index contributed by atoms with van der Waals surface area (Å²) in [5.74, 6) is 0. The average molecular weight is 618 g/mol. The lowest BCUT2D eigenvalue weighted by atomic mass is 9.82. The van der Waals surface area contributed by atoms with Crippen LogP contribution >= 0.6 is 11.3 Å². The van der Waals surface area contributed by atoms with Crippen LogP contribution in [0.4, 0.5) is 0 Å². The Morgan fingerprint density at radius 3 is 2.09 bits per heavy atom. The lowest BCUT2D eigenvalue weighted by molar-refractivity contribution is 0.661. The molecule has 0 amide bonds. The quantitative estimate of drug-likeness (QED) is 0.186. The standard InChI is InChI=1S/C45H31NS/c1-45(2)39-20-8-6-16-33(39)37-26-38-34-23-22-29(28-12-4-3-5-13-28)25-41(34)46(42(38)27-40(37)45)31-15-10-14-30(24-31)32-18-11-19-36-35-17-7-9-21-43(35)47-44(32)36/h3-27H,1-2H3. The molecule has 0 atom stereocenters. The monoisotopic (exact) mass is 617 g/mol. The van der Waals surface area contributed by atoms with E-state index < -0.39 is 0 Å². The van der Waals surface area contributed by atoms with Crippen molar-refractivity contribution in [1.29, 1.82) is 0 Å². The average Bonchev–Trinajstić information content (AvgIpc) is 3.73. The SMILES string of the molecule is CC1(C)c2ccccc2-c2cc3c4ccc(-c5ccccc5)cc4n(-c4cccc(-c5cccc6c5sc5ccccc56)c4)c3cc21. The number of hydrogen-bond donors (Lipinski definition) is 0. The third kappa shape index (κ3) is 3.83. The molecular weight excluding hydrogens is 587 g/mol. The Morgan fingerprint density at radius 1 is 0.447 bits per heavy atom. The predicted molar refractivity (Wildman–Crippen MR) is 202 cm³/mol. The molecule has 0 spiro atoms. The molecule has 0 saturated carbocycles. The van der Waals surface area contributed by atoms with Gasteiger partial charge in [0, 0.05) is 42.0 Å². The molecular formula is C45H31NS. The Balaban J connectivity index is 1.26. The van der Waals surface area contributed by atoms with Crippen molar-refractivity contribution in [2.24, 2.45) is 0 Å². The fourth-order valence-corrected chi connectivity index (χ4v) is 9.32. The molecule has 0 aliphatic heterocycles. The summed E-state index contributed by atoms with van der Waals surface area (Å²) in [6.07, 6.45) is 0. The first-order valence-electron chi connectivity index (χ1n) is 16.4. The predicted octanol–water partition coefficient (Wildman–Crippen LogP) is 12.8. The first-order chi connectivity index (χ1) is 23.1. The van der Waals surface area contributed by atoms with Crippen molar-refractivity contribution >= 4 is 53.3 Å². The van der Waals surface area contributed by atoms with E-state index in [0.29, 0.717) is 0 Å². The number of fused-ring (bicyclic) bond motifs is 9. The molecule has 0 unspecified atom stereocenters. The Bertz CT molecular complexity index is 2700. The van der Waals surface area contributed by atoms with Gasteiger partial charge in [-0.05, 0) is 80.9 Å². The van der Waals surface area contributed by atoms with Gasteiger partial charge >= 0.3 is 0 Å². The van der Waals surface area contributed by atoms with Crippen molar-refractivity contribution in [3.8, 4) is 39.1 Å². The minimum atomic E-state index is -0.0741. The Labute approximate surface area is 278 Å².